The van der Waals surface area contributed by atoms with Gasteiger partial charge >= 0.3 is 0 Å². The third-order valence-corrected chi connectivity index (χ3v) is 2.37. The van der Waals surface area contributed by atoms with E-state index >= 15 is 0 Å². The molecule has 0 aliphatic rings. The molecular weight excluding hydrogens is 213 g/mol. The molecule has 1 aromatic carbocycles. The Bertz CT molecular complexity index is 479. The summed E-state index contributed by atoms with van der Waals surface area (Å²) in [5, 5.41) is 0.610. The third-order valence-electron chi connectivity index (χ3n) is 2.16. The number of hydrogen-bond donors (Lipinski definition) is 0. The molecule has 0 aliphatic heterocycles. The SMILES string of the molecule is Cc1cc(Cl)cnc1-c1ccc(F)cc1. The Labute approximate surface area is 92.5 Å². The van der Waals surface area contributed by atoms with E-state index in [0.29, 0.717) is 5.02 Å². The van der Waals surface area contributed by atoms with E-state index in [1.807, 2.05) is 13.0 Å². The van der Waals surface area contributed by atoms with Gasteiger partial charge in [0.2, 0.25) is 0 Å². The lowest BCUT2D eigenvalue weighted by molar-refractivity contribution is 0.628. The number of pyridine rings is 1. The van der Waals surface area contributed by atoms with Gasteiger partial charge in [-0.05, 0) is 42.8 Å². The van der Waals surface area contributed by atoms with Crippen molar-refractivity contribution in [2.75, 3.05) is 0 Å². The number of aromatic nitrogens is 1. The Hall–Kier alpha value is -1.41. The fourth-order valence-corrected chi connectivity index (χ4v) is 1.66. The summed E-state index contributed by atoms with van der Waals surface area (Å²) in [7, 11) is 0. The van der Waals surface area contributed by atoms with Gasteiger partial charge in [-0.3, -0.25) is 4.98 Å². The Morgan fingerprint density at radius 1 is 1.20 bits per heavy atom. The quantitative estimate of drug-likeness (QED) is 0.713. The van der Waals surface area contributed by atoms with Crippen LogP contribution in [0.1, 0.15) is 5.56 Å². The van der Waals surface area contributed by atoms with Gasteiger partial charge in [0.15, 0.2) is 0 Å². The second-order valence-corrected chi connectivity index (χ2v) is 3.76. The van der Waals surface area contributed by atoms with E-state index in [2.05, 4.69) is 4.98 Å². The molecule has 0 radical (unpaired) electrons. The summed E-state index contributed by atoms with van der Waals surface area (Å²) in [5.41, 5.74) is 2.71. The van der Waals surface area contributed by atoms with Gasteiger partial charge in [0, 0.05) is 11.8 Å². The molecule has 0 saturated carbocycles. The van der Waals surface area contributed by atoms with Crippen LogP contribution in [0.15, 0.2) is 36.5 Å². The maximum absolute atomic E-state index is 12.7. The van der Waals surface area contributed by atoms with E-state index in [1.54, 1.807) is 18.3 Å². The van der Waals surface area contributed by atoms with Gasteiger partial charge in [-0.25, -0.2) is 4.39 Å². The molecule has 0 unspecified atom stereocenters. The van der Waals surface area contributed by atoms with Gasteiger partial charge in [0.25, 0.3) is 0 Å². The van der Waals surface area contributed by atoms with E-state index in [0.717, 1.165) is 16.8 Å². The summed E-state index contributed by atoms with van der Waals surface area (Å²) in [5.74, 6) is -0.245. The van der Waals surface area contributed by atoms with Crippen LogP contribution in [0, 0.1) is 12.7 Å². The molecule has 2 rings (SSSR count). The Balaban J connectivity index is 2.49. The van der Waals surface area contributed by atoms with Crippen molar-refractivity contribution in [3.63, 3.8) is 0 Å². The monoisotopic (exact) mass is 221 g/mol. The Kier molecular flexibility index (Phi) is 2.69. The lowest BCUT2D eigenvalue weighted by Crippen LogP contribution is -1.88. The van der Waals surface area contributed by atoms with Crippen molar-refractivity contribution in [2.24, 2.45) is 0 Å². The third kappa shape index (κ3) is 2.16. The largest absolute Gasteiger partial charge is 0.254 e. The molecule has 0 saturated heterocycles. The summed E-state index contributed by atoms with van der Waals surface area (Å²) in [6.45, 7) is 1.93. The minimum absolute atomic E-state index is 0.245. The van der Waals surface area contributed by atoms with Gasteiger partial charge < -0.3 is 0 Å². The zero-order valence-corrected chi connectivity index (χ0v) is 8.92. The highest BCUT2D eigenvalue weighted by atomic mass is 35.5. The van der Waals surface area contributed by atoms with Crippen LogP contribution >= 0.6 is 11.6 Å². The number of hydrogen-bond acceptors (Lipinski definition) is 1. The van der Waals surface area contributed by atoms with Crippen molar-refractivity contribution in [3.05, 3.63) is 52.9 Å². The fourth-order valence-electron chi connectivity index (χ4n) is 1.45. The molecule has 1 nitrogen and oxygen atoms in total. The first-order chi connectivity index (χ1) is 7.16. The molecule has 0 fully saturated rings. The summed E-state index contributed by atoms with van der Waals surface area (Å²) in [6.07, 6.45) is 1.59. The minimum Gasteiger partial charge on any atom is -0.254 e. The van der Waals surface area contributed by atoms with E-state index in [4.69, 9.17) is 11.6 Å². The van der Waals surface area contributed by atoms with Crippen LogP contribution in [-0.4, -0.2) is 4.98 Å². The molecule has 15 heavy (non-hydrogen) atoms. The van der Waals surface area contributed by atoms with E-state index in [-0.39, 0.29) is 5.82 Å². The number of rotatable bonds is 1. The molecule has 1 heterocycles. The summed E-state index contributed by atoms with van der Waals surface area (Å²) < 4.78 is 12.7. The lowest BCUT2D eigenvalue weighted by Gasteiger charge is -2.04. The van der Waals surface area contributed by atoms with Crippen LogP contribution in [0.25, 0.3) is 11.3 Å². The molecule has 1 aromatic heterocycles. The van der Waals surface area contributed by atoms with Crippen LogP contribution in [0.3, 0.4) is 0 Å². The van der Waals surface area contributed by atoms with E-state index in [9.17, 15) is 4.39 Å². The Morgan fingerprint density at radius 2 is 1.87 bits per heavy atom. The maximum atomic E-state index is 12.7. The highest BCUT2D eigenvalue weighted by Gasteiger charge is 2.03. The van der Waals surface area contributed by atoms with Crippen molar-refractivity contribution < 1.29 is 4.39 Å². The maximum Gasteiger partial charge on any atom is 0.123 e. The molecular formula is C12H9ClFN. The number of halogens is 2. The average Bonchev–Trinajstić information content (AvgIpc) is 2.20. The van der Waals surface area contributed by atoms with Crippen molar-refractivity contribution in [2.45, 2.75) is 6.92 Å². The molecule has 76 valence electrons. The predicted octanol–water partition coefficient (Wildman–Crippen LogP) is 3.85. The van der Waals surface area contributed by atoms with E-state index in [1.165, 1.54) is 12.1 Å². The van der Waals surface area contributed by atoms with Crippen molar-refractivity contribution in [1.29, 1.82) is 0 Å². The predicted molar refractivity (Wildman–Crippen MR) is 59.4 cm³/mol. The first kappa shape index (κ1) is 10.1. The molecule has 3 heteroatoms. The second-order valence-electron chi connectivity index (χ2n) is 3.33. The number of aryl methyl sites for hydroxylation is 1. The standard InChI is InChI=1S/C12H9ClFN/c1-8-6-10(13)7-15-12(8)9-2-4-11(14)5-3-9/h2-7H,1H3. The van der Waals surface area contributed by atoms with Crippen LogP contribution in [0.5, 0.6) is 0 Å². The molecule has 0 amide bonds. The van der Waals surface area contributed by atoms with Gasteiger partial charge in [-0.1, -0.05) is 11.6 Å². The zero-order chi connectivity index (χ0) is 10.8. The Morgan fingerprint density at radius 3 is 2.47 bits per heavy atom. The molecule has 0 aliphatic carbocycles. The summed E-state index contributed by atoms with van der Waals surface area (Å²) in [4.78, 5) is 4.22. The van der Waals surface area contributed by atoms with Gasteiger partial charge in [-0.2, -0.15) is 0 Å². The minimum atomic E-state index is -0.245. The molecule has 0 N–H and O–H groups in total. The highest BCUT2D eigenvalue weighted by molar-refractivity contribution is 6.30. The van der Waals surface area contributed by atoms with Crippen LogP contribution in [0.4, 0.5) is 4.39 Å². The zero-order valence-electron chi connectivity index (χ0n) is 8.17. The van der Waals surface area contributed by atoms with Crippen molar-refractivity contribution in [1.82, 2.24) is 4.98 Å². The van der Waals surface area contributed by atoms with Crippen LogP contribution in [-0.2, 0) is 0 Å². The molecule has 0 spiro atoms. The summed E-state index contributed by atoms with van der Waals surface area (Å²) in [6, 6.07) is 8.10. The van der Waals surface area contributed by atoms with Crippen LogP contribution in [0.2, 0.25) is 5.02 Å². The van der Waals surface area contributed by atoms with Crippen molar-refractivity contribution >= 4 is 11.6 Å². The van der Waals surface area contributed by atoms with Gasteiger partial charge in [0.1, 0.15) is 5.82 Å². The van der Waals surface area contributed by atoms with Gasteiger partial charge in [-0.15, -0.1) is 0 Å². The first-order valence-electron chi connectivity index (χ1n) is 4.55. The number of benzene rings is 1. The summed E-state index contributed by atoms with van der Waals surface area (Å²) >= 11 is 5.81. The van der Waals surface area contributed by atoms with E-state index < -0.39 is 0 Å². The first-order valence-corrected chi connectivity index (χ1v) is 4.93. The average molecular weight is 222 g/mol. The molecule has 0 bridgehead atoms. The molecule has 2 aromatic rings. The fraction of sp³-hybridized carbons (Fsp3) is 0.0833. The van der Waals surface area contributed by atoms with Crippen molar-refractivity contribution in [3.8, 4) is 11.3 Å². The topological polar surface area (TPSA) is 12.9 Å². The number of nitrogens with zero attached hydrogens (tertiary/aromatic N) is 1. The lowest BCUT2D eigenvalue weighted by atomic mass is 10.1. The molecule has 0 atom stereocenters. The van der Waals surface area contributed by atoms with Crippen LogP contribution < -0.4 is 0 Å². The smallest absolute Gasteiger partial charge is 0.123 e. The van der Waals surface area contributed by atoms with Gasteiger partial charge in [0.05, 0.1) is 10.7 Å². The highest BCUT2D eigenvalue weighted by Crippen LogP contribution is 2.23. The second kappa shape index (κ2) is 3.99. The normalized spacial score (nSPS) is 10.3.